The lowest BCUT2D eigenvalue weighted by Gasteiger charge is -2.19. The van der Waals surface area contributed by atoms with Crippen LogP contribution in [-0.2, 0) is 14.3 Å². The summed E-state index contributed by atoms with van der Waals surface area (Å²) in [5.74, 6) is -2.74. The normalized spacial score (nSPS) is 15.6. The maximum Gasteiger partial charge on any atom is 0.315 e. The zero-order valence-electron chi connectivity index (χ0n) is 13.5. The number of nitrogens with one attached hydrogen (secondary N) is 1. The van der Waals surface area contributed by atoms with Gasteiger partial charge in [0.05, 0.1) is 19.3 Å². The number of halogens is 2. The molecule has 1 atom stereocenters. The summed E-state index contributed by atoms with van der Waals surface area (Å²) in [6, 6.07) is 10.1. The number of rotatable bonds is 4. The zero-order valence-corrected chi connectivity index (χ0v) is 13.5. The highest BCUT2D eigenvalue weighted by molar-refractivity contribution is 5.95. The van der Waals surface area contributed by atoms with Crippen LogP contribution in [0.1, 0.15) is 11.5 Å². The second-order valence-corrected chi connectivity index (χ2v) is 5.69. The Labute approximate surface area is 143 Å². The number of ether oxygens (including phenoxy) is 1. The molecule has 0 aliphatic carbocycles. The van der Waals surface area contributed by atoms with Gasteiger partial charge in [0.2, 0.25) is 5.91 Å². The van der Waals surface area contributed by atoms with Gasteiger partial charge in [0.15, 0.2) is 0 Å². The Morgan fingerprint density at radius 2 is 2.00 bits per heavy atom. The van der Waals surface area contributed by atoms with Gasteiger partial charge in [0.1, 0.15) is 17.6 Å². The SMILES string of the molecule is COC(=O)[C@H]1CN(CC(=O)Nc2cc(F)ccc2F)c2ccccc21. The molecule has 1 aliphatic rings. The van der Waals surface area contributed by atoms with Gasteiger partial charge < -0.3 is 15.0 Å². The standard InChI is InChI=1S/C18H16F2N2O3/c1-25-18(24)13-9-22(16-5-3-2-4-12(13)16)10-17(23)21-15-8-11(19)6-7-14(15)20/h2-8,13H,9-10H2,1H3,(H,21,23)/t13-/m0/s1. The van der Waals surface area contributed by atoms with E-state index >= 15 is 0 Å². The Hall–Kier alpha value is -2.96. The van der Waals surface area contributed by atoms with Crippen LogP contribution in [-0.4, -0.2) is 32.1 Å². The van der Waals surface area contributed by atoms with Crippen molar-refractivity contribution in [3.8, 4) is 0 Å². The van der Waals surface area contributed by atoms with Crippen LogP contribution < -0.4 is 10.2 Å². The molecule has 5 nitrogen and oxygen atoms in total. The number of para-hydroxylation sites is 1. The van der Waals surface area contributed by atoms with E-state index in [1.165, 1.54) is 7.11 Å². The maximum atomic E-state index is 13.6. The summed E-state index contributed by atoms with van der Waals surface area (Å²) in [6.07, 6.45) is 0. The summed E-state index contributed by atoms with van der Waals surface area (Å²) in [4.78, 5) is 25.9. The lowest BCUT2D eigenvalue weighted by atomic mass is 10.0. The average Bonchev–Trinajstić information content (AvgIpc) is 2.96. The summed E-state index contributed by atoms with van der Waals surface area (Å²) in [7, 11) is 1.31. The molecule has 3 rings (SSSR count). The first-order valence-electron chi connectivity index (χ1n) is 7.66. The predicted molar refractivity (Wildman–Crippen MR) is 88.4 cm³/mol. The van der Waals surface area contributed by atoms with Crippen molar-refractivity contribution in [3.63, 3.8) is 0 Å². The summed E-state index contributed by atoms with van der Waals surface area (Å²) in [5, 5.41) is 2.35. The number of carbonyl (C=O) groups excluding carboxylic acids is 2. The number of esters is 1. The molecule has 7 heteroatoms. The smallest absolute Gasteiger partial charge is 0.315 e. The molecule has 0 unspecified atom stereocenters. The Bertz CT molecular complexity index is 826. The highest BCUT2D eigenvalue weighted by Crippen LogP contribution is 2.36. The first-order chi connectivity index (χ1) is 12.0. The van der Waals surface area contributed by atoms with E-state index in [1.54, 1.807) is 29.2 Å². The van der Waals surface area contributed by atoms with Crippen molar-refractivity contribution in [1.29, 1.82) is 0 Å². The number of hydrogen-bond acceptors (Lipinski definition) is 4. The Morgan fingerprint density at radius 3 is 2.76 bits per heavy atom. The Kier molecular flexibility index (Phi) is 4.65. The van der Waals surface area contributed by atoms with Gasteiger partial charge in [-0.15, -0.1) is 0 Å². The molecule has 2 aromatic carbocycles. The van der Waals surface area contributed by atoms with Gasteiger partial charge in [-0.2, -0.15) is 0 Å². The third kappa shape index (κ3) is 3.45. The van der Waals surface area contributed by atoms with Crippen LogP contribution in [0, 0.1) is 11.6 Å². The molecule has 0 bridgehead atoms. The summed E-state index contributed by atoms with van der Waals surface area (Å²) in [6.45, 7) is 0.186. The summed E-state index contributed by atoms with van der Waals surface area (Å²) in [5.41, 5.74) is 1.30. The van der Waals surface area contributed by atoms with E-state index in [1.807, 2.05) is 0 Å². The van der Waals surface area contributed by atoms with Gasteiger partial charge in [-0.05, 0) is 23.8 Å². The van der Waals surface area contributed by atoms with E-state index in [0.29, 0.717) is 0 Å². The van der Waals surface area contributed by atoms with E-state index < -0.39 is 23.5 Å². The van der Waals surface area contributed by atoms with Crippen molar-refractivity contribution in [2.75, 3.05) is 30.4 Å². The molecular weight excluding hydrogens is 330 g/mol. The van der Waals surface area contributed by atoms with Crippen molar-refractivity contribution < 1.29 is 23.1 Å². The molecule has 0 saturated heterocycles. The molecular formula is C18H16F2N2O3. The van der Waals surface area contributed by atoms with E-state index in [2.05, 4.69) is 5.32 Å². The van der Waals surface area contributed by atoms with Gasteiger partial charge in [-0.25, -0.2) is 8.78 Å². The van der Waals surface area contributed by atoms with E-state index in [-0.39, 0.29) is 24.7 Å². The van der Waals surface area contributed by atoms with Crippen molar-refractivity contribution >= 4 is 23.3 Å². The third-order valence-electron chi connectivity index (χ3n) is 4.08. The highest BCUT2D eigenvalue weighted by atomic mass is 19.1. The predicted octanol–water partition coefficient (Wildman–Crippen LogP) is 2.68. The number of amides is 1. The van der Waals surface area contributed by atoms with E-state index in [9.17, 15) is 18.4 Å². The molecule has 0 spiro atoms. The van der Waals surface area contributed by atoms with Gasteiger partial charge >= 0.3 is 5.97 Å². The molecule has 0 radical (unpaired) electrons. The van der Waals surface area contributed by atoms with Crippen LogP contribution in [0.25, 0.3) is 0 Å². The van der Waals surface area contributed by atoms with E-state index in [4.69, 9.17) is 4.74 Å². The second kappa shape index (κ2) is 6.88. The number of benzene rings is 2. The summed E-state index contributed by atoms with van der Waals surface area (Å²) >= 11 is 0. The third-order valence-corrected chi connectivity index (χ3v) is 4.08. The van der Waals surface area contributed by atoms with Crippen LogP contribution in [0.4, 0.5) is 20.2 Å². The molecule has 1 heterocycles. The maximum absolute atomic E-state index is 13.6. The Morgan fingerprint density at radius 1 is 1.24 bits per heavy atom. The number of fused-ring (bicyclic) bond motifs is 1. The lowest BCUT2D eigenvalue weighted by molar-refractivity contribution is -0.142. The van der Waals surface area contributed by atoms with Crippen LogP contribution in [0.5, 0.6) is 0 Å². The monoisotopic (exact) mass is 346 g/mol. The van der Waals surface area contributed by atoms with Crippen molar-refractivity contribution in [3.05, 3.63) is 59.7 Å². The topological polar surface area (TPSA) is 58.6 Å². The molecule has 0 saturated carbocycles. The minimum Gasteiger partial charge on any atom is -0.468 e. The fourth-order valence-corrected chi connectivity index (χ4v) is 2.94. The largest absolute Gasteiger partial charge is 0.468 e. The highest BCUT2D eigenvalue weighted by Gasteiger charge is 2.34. The van der Waals surface area contributed by atoms with Gasteiger partial charge in [-0.3, -0.25) is 9.59 Å². The fraction of sp³-hybridized carbons (Fsp3) is 0.222. The van der Waals surface area contributed by atoms with Gasteiger partial charge in [0.25, 0.3) is 0 Å². The number of nitrogens with zero attached hydrogens (tertiary/aromatic N) is 1. The van der Waals surface area contributed by atoms with Crippen LogP contribution in [0.15, 0.2) is 42.5 Å². The van der Waals surface area contributed by atoms with Crippen LogP contribution in [0.2, 0.25) is 0 Å². The Balaban J connectivity index is 1.76. The molecule has 2 aromatic rings. The molecule has 0 fully saturated rings. The molecule has 25 heavy (non-hydrogen) atoms. The lowest BCUT2D eigenvalue weighted by Crippen LogP contribution is -2.33. The van der Waals surface area contributed by atoms with Gasteiger partial charge in [0, 0.05) is 18.3 Å². The number of methoxy groups -OCH3 is 1. The zero-order chi connectivity index (χ0) is 18.0. The molecule has 0 aromatic heterocycles. The second-order valence-electron chi connectivity index (χ2n) is 5.69. The first-order valence-corrected chi connectivity index (χ1v) is 7.66. The van der Waals surface area contributed by atoms with Crippen LogP contribution in [0.3, 0.4) is 0 Å². The van der Waals surface area contributed by atoms with Crippen LogP contribution >= 0.6 is 0 Å². The molecule has 1 aliphatic heterocycles. The average molecular weight is 346 g/mol. The number of carbonyl (C=O) groups is 2. The minimum atomic E-state index is -0.719. The van der Waals surface area contributed by atoms with Crippen molar-refractivity contribution in [1.82, 2.24) is 0 Å². The molecule has 130 valence electrons. The first kappa shape index (κ1) is 16.9. The number of hydrogen-bond donors (Lipinski definition) is 1. The van der Waals surface area contributed by atoms with E-state index in [0.717, 1.165) is 29.4 Å². The quantitative estimate of drug-likeness (QED) is 0.865. The molecule has 1 N–H and O–H groups in total. The van der Waals surface area contributed by atoms with Crippen molar-refractivity contribution in [2.45, 2.75) is 5.92 Å². The molecule has 1 amide bonds. The van der Waals surface area contributed by atoms with Gasteiger partial charge in [-0.1, -0.05) is 18.2 Å². The minimum absolute atomic E-state index is 0.0968. The van der Waals surface area contributed by atoms with Crippen molar-refractivity contribution in [2.24, 2.45) is 0 Å². The summed E-state index contributed by atoms with van der Waals surface area (Å²) < 4.78 is 31.7. The number of anilines is 2. The fourth-order valence-electron chi connectivity index (χ4n) is 2.94.